The van der Waals surface area contributed by atoms with Gasteiger partial charge in [-0.1, -0.05) is 12.1 Å². The van der Waals surface area contributed by atoms with E-state index in [2.05, 4.69) is 16.0 Å². The predicted molar refractivity (Wildman–Crippen MR) is 106 cm³/mol. The number of aromatic nitrogens is 3. The molecule has 3 aromatic rings. The maximum atomic E-state index is 13.1. The van der Waals surface area contributed by atoms with Gasteiger partial charge < -0.3 is 9.64 Å². The highest BCUT2D eigenvalue weighted by Crippen LogP contribution is 2.35. The van der Waals surface area contributed by atoms with Crippen molar-refractivity contribution in [3.63, 3.8) is 0 Å². The van der Waals surface area contributed by atoms with E-state index in [1.54, 1.807) is 11.7 Å². The summed E-state index contributed by atoms with van der Waals surface area (Å²) in [5.41, 5.74) is 2.88. The standard InChI is InChI=1S/C21H24N4O2/c1-15-14-16(9-10-22-15)24-11-5-8-19(24)20-23-18-7-4-3-6-17(18)21(26)25(20)12-13-27-2/h3-4,6-7,9-10,14,19H,5,8,11-13H2,1-2H3. The molecule has 4 rings (SSSR count). The number of methoxy groups -OCH3 is 1. The number of benzene rings is 1. The fourth-order valence-electron chi connectivity index (χ4n) is 3.89. The van der Waals surface area contributed by atoms with Gasteiger partial charge in [-0.25, -0.2) is 4.98 Å². The Kier molecular flexibility index (Phi) is 4.90. The third-order valence-corrected chi connectivity index (χ3v) is 5.17. The molecular weight excluding hydrogens is 340 g/mol. The molecule has 3 heterocycles. The number of pyridine rings is 1. The fourth-order valence-corrected chi connectivity index (χ4v) is 3.89. The second kappa shape index (κ2) is 7.48. The summed E-state index contributed by atoms with van der Waals surface area (Å²) in [5, 5.41) is 0.654. The molecule has 1 atom stereocenters. The summed E-state index contributed by atoms with van der Waals surface area (Å²) in [6, 6.07) is 11.8. The highest BCUT2D eigenvalue weighted by Gasteiger charge is 2.30. The number of fused-ring (bicyclic) bond motifs is 1. The van der Waals surface area contributed by atoms with Crippen molar-refractivity contribution < 1.29 is 4.74 Å². The molecular formula is C21H24N4O2. The van der Waals surface area contributed by atoms with Gasteiger partial charge in [0.1, 0.15) is 5.82 Å². The highest BCUT2D eigenvalue weighted by molar-refractivity contribution is 5.77. The number of anilines is 1. The maximum absolute atomic E-state index is 13.1. The minimum Gasteiger partial charge on any atom is -0.383 e. The van der Waals surface area contributed by atoms with E-state index in [1.165, 1.54) is 0 Å². The molecule has 0 spiro atoms. The van der Waals surface area contributed by atoms with Crippen LogP contribution in [0.3, 0.4) is 0 Å². The molecule has 0 amide bonds. The van der Waals surface area contributed by atoms with Crippen molar-refractivity contribution in [2.75, 3.05) is 25.2 Å². The first-order chi connectivity index (χ1) is 13.2. The summed E-state index contributed by atoms with van der Waals surface area (Å²) < 4.78 is 7.04. The normalized spacial score (nSPS) is 17.0. The van der Waals surface area contributed by atoms with Gasteiger partial charge in [0, 0.05) is 31.2 Å². The lowest BCUT2D eigenvalue weighted by molar-refractivity contribution is 0.184. The van der Waals surface area contributed by atoms with Crippen molar-refractivity contribution in [2.45, 2.75) is 32.4 Å². The first-order valence-electron chi connectivity index (χ1n) is 9.37. The molecule has 1 aliphatic rings. The first-order valence-corrected chi connectivity index (χ1v) is 9.37. The minimum absolute atomic E-state index is 0.00501. The van der Waals surface area contributed by atoms with Crippen LogP contribution in [0.15, 0.2) is 47.4 Å². The van der Waals surface area contributed by atoms with E-state index in [-0.39, 0.29) is 11.6 Å². The number of aryl methyl sites for hydroxylation is 1. The van der Waals surface area contributed by atoms with E-state index in [4.69, 9.17) is 9.72 Å². The van der Waals surface area contributed by atoms with Gasteiger partial charge in [-0.05, 0) is 44.0 Å². The molecule has 1 unspecified atom stereocenters. The second-order valence-electron chi connectivity index (χ2n) is 6.94. The SMILES string of the molecule is COCCn1c(C2CCCN2c2ccnc(C)c2)nc2ccccc2c1=O. The number of hydrogen-bond donors (Lipinski definition) is 0. The summed E-state index contributed by atoms with van der Waals surface area (Å²) in [4.78, 5) is 24.7. The number of rotatable bonds is 5. The third kappa shape index (κ3) is 3.32. The Morgan fingerprint density at radius 1 is 1.26 bits per heavy atom. The number of para-hydroxylation sites is 1. The highest BCUT2D eigenvalue weighted by atomic mass is 16.5. The maximum Gasteiger partial charge on any atom is 0.261 e. The summed E-state index contributed by atoms with van der Waals surface area (Å²) in [7, 11) is 1.65. The zero-order chi connectivity index (χ0) is 18.8. The summed E-state index contributed by atoms with van der Waals surface area (Å²) in [5.74, 6) is 0.822. The number of hydrogen-bond acceptors (Lipinski definition) is 5. The van der Waals surface area contributed by atoms with Crippen molar-refractivity contribution in [3.8, 4) is 0 Å². The minimum atomic E-state index is 0.00501. The van der Waals surface area contributed by atoms with Crippen LogP contribution in [0.5, 0.6) is 0 Å². The van der Waals surface area contributed by atoms with Gasteiger partial charge >= 0.3 is 0 Å². The average Bonchev–Trinajstić information content (AvgIpc) is 3.17. The molecule has 0 saturated carbocycles. The van der Waals surface area contributed by atoms with Gasteiger partial charge in [-0.2, -0.15) is 0 Å². The number of ether oxygens (including phenoxy) is 1. The van der Waals surface area contributed by atoms with E-state index in [9.17, 15) is 4.79 Å². The van der Waals surface area contributed by atoms with E-state index in [1.807, 2.05) is 43.5 Å². The molecule has 2 aromatic heterocycles. The molecule has 0 aliphatic carbocycles. The van der Waals surface area contributed by atoms with Crippen LogP contribution in [-0.4, -0.2) is 34.8 Å². The molecule has 1 saturated heterocycles. The summed E-state index contributed by atoms with van der Waals surface area (Å²) >= 11 is 0. The quantitative estimate of drug-likeness (QED) is 0.696. The molecule has 6 heteroatoms. The van der Waals surface area contributed by atoms with E-state index in [0.29, 0.717) is 18.5 Å². The number of nitrogens with zero attached hydrogens (tertiary/aromatic N) is 4. The van der Waals surface area contributed by atoms with Crippen LogP contribution >= 0.6 is 0 Å². The van der Waals surface area contributed by atoms with Crippen LogP contribution in [0.2, 0.25) is 0 Å². The largest absolute Gasteiger partial charge is 0.383 e. The lowest BCUT2D eigenvalue weighted by atomic mass is 10.1. The Hall–Kier alpha value is -2.73. The average molecular weight is 364 g/mol. The van der Waals surface area contributed by atoms with Gasteiger partial charge in [0.15, 0.2) is 0 Å². The zero-order valence-electron chi connectivity index (χ0n) is 15.8. The van der Waals surface area contributed by atoms with Crippen LogP contribution in [0.4, 0.5) is 5.69 Å². The molecule has 0 radical (unpaired) electrons. The summed E-state index contributed by atoms with van der Waals surface area (Å²) in [6.07, 6.45) is 3.88. The second-order valence-corrected chi connectivity index (χ2v) is 6.94. The van der Waals surface area contributed by atoms with Crippen molar-refractivity contribution in [3.05, 3.63) is 64.5 Å². The Balaban J connectivity index is 1.84. The van der Waals surface area contributed by atoms with E-state index >= 15 is 0 Å². The van der Waals surface area contributed by atoms with Crippen LogP contribution in [0.1, 0.15) is 30.4 Å². The van der Waals surface area contributed by atoms with Gasteiger partial charge in [0.2, 0.25) is 0 Å². The van der Waals surface area contributed by atoms with Gasteiger partial charge in [-0.15, -0.1) is 0 Å². The first kappa shape index (κ1) is 17.7. The third-order valence-electron chi connectivity index (χ3n) is 5.17. The lowest BCUT2D eigenvalue weighted by Crippen LogP contribution is -2.33. The smallest absolute Gasteiger partial charge is 0.261 e. The van der Waals surface area contributed by atoms with Gasteiger partial charge in [-0.3, -0.25) is 14.3 Å². The van der Waals surface area contributed by atoms with E-state index < -0.39 is 0 Å². The van der Waals surface area contributed by atoms with Crippen LogP contribution in [0.25, 0.3) is 10.9 Å². The Morgan fingerprint density at radius 3 is 2.93 bits per heavy atom. The monoisotopic (exact) mass is 364 g/mol. The van der Waals surface area contributed by atoms with Crippen molar-refractivity contribution in [2.24, 2.45) is 0 Å². The van der Waals surface area contributed by atoms with Crippen LogP contribution in [-0.2, 0) is 11.3 Å². The fraction of sp³-hybridized carbons (Fsp3) is 0.381. The molecule has 0 bridgehead atoms. The molecule has 1 fully saturated rings. The van der Waals surface area contributed by atoms with E-state index in [0.717, 1.165) is 42.1 Å². The molecule has 27 heavy (non-hydrogen) atoms. The van der Waals surface area contributed by atoms with Crippen LogP contribution < -0.4 is 10.5 Å². The Morgan fingerprint density at radius 2 is 2.11 bits per heavy atom. The Bertz CT molecular complexity index is 1010. The zero-order valence-corrected chi connectivity index (χ0v) is 15.8. The topological polar surface area (TPSA) is 60.2 Å². The molecule has 1 aliphatic heterocycles. The molecule has 0 N–H and O–H groups in total. The summed E-state index contributed by atoms with van der Waals surface area (Å²) in [6.45, 7) is 3.93. The predicted octanol–water partition coefficient (Wildman–Crippen LogP) is 3.09. The van der Waals surface area contributed by atoms with Crippen molar-refractivity contribution in [1.82, 2.24) is 14.5 Å². The molecule has 1 aromatic carbocycles. The molecule has 6 nitrogen and oxygen atoms in total. The Labute approximate surface area is 158 Å². The lowest BCUT2D eigenvalue weighted by Gasteiger charge is -2.28. The van der Waals surface area contributed by atoms with Crippen LogP contribution in [0, 0.1) is 6.92 Å². The van der Waals surface area contributed by atoms with Crippen molar-refractivity contribution in [1.29, 1.82) is 0 Å². The molecule has 140 valence electrons. The van der Waals surface area contributed by atoms with Gasteiger partial charge in [0.25, 0.3) is 5.56 Å². The van der Waals surface area contributed by atoms with Crippen molar-refractivity contribution >= 4 is 16.6 Å². The van der Waals surface area contributed by atoms with Gasteiger partial charge in [0.05, 0.1) is 30.1 Å².